The number of hydrogen-bond donors (Lipinski definition) is 1. The third-order valence-corrected chi connectivity index (χ3v) is 3.97. The van der Waals surface area contributed by atoms with Crippen LogP contribution in [0.5, 0.6) is 5.75 Å². The van der Waals surface area contributed by atoms with Gasteiger partial charge in [-0.1, -0.05) is 53.8 Å². The van der Waals surface area contributed by atoms with Gasteiger partial charge in [-0.2, -0.15) is 0 Å². The second-order valence-electron chi connectivity index (χ2n) is 4.30. The average molecular weight is 282 g/mol. The molecule has 0 aliphatic rings. The molecule has 3 rings (SSSR count). The highest BCUT2D eigenvalue weighted by atomic mass is 32.1. The Labute approximate surface area is 121 Å². The van der Waals surface area contributed by atoms with Gasteiger partial charge in [-0.15, -0.1) is 0 Å². The van der Waals surface area contributed by atoms with Gasteiger partial charge in [0.1, 0.15) is 21.5 Å². The summed E-state index contributed by atoms with van der Waals surface area (Å²) < 4.78 is 5.38. The van der Waals surface area contributed by atoms with Crippen LogP contribution in [0.15, 0.2) is 54.6 Å². The molecular weight excluding hydrogens is 268 g/mol. The molecule has 0 fully saturated rings. The largest absolute Gasteiger partial charge is 0.496 e. The molecule has 2 aromatic carbocycles. The lowest BCUT2D eigenvalue weighted by Gasteiger charge is -2.05. The minimum atomic E-state index is 0.702. The first-order valence-corrected chi connectivity index (χ1v) is 7.06. The van der Waals surface area contributed by atoms with Crippen LogP contribution in [0, 0.1) is 0 Å². The lowest BCUT2D eigenvalue weighted by Crippen LogP contribution is -1.90. The Hall–Kier alpha value is -2.33. The van der Waals surface area contributed by atoms with E-state index in [0.717, 1.165) is 27.6 Å². The fraction of sp³-hybridized carbons (Fsp3) is 0.0625. The summed E-state index contributed by atoms with van der Waals surface area (Å²) in [5.41, 5.74) is 8.91. The predicted octanol–water partition coefficient (Wildman–Crippen LogP) is 4.07. The van der Waals surface area contributed by atoms with Crippen molar-refractivity contribution in [1.29, 1.82) is 0 Å². The van der Waals surface area contributed by atoms with E-state index in [4.69, 9.17) is 10.5 Å². The van der Waals surface area contributed by atoms with E-state index in [9.17, 15) is 0 Å². The van der Waals surface area contributed by atoms with Crippen molar-refractivity contribution in [1.82, 2.24) is 4.98 Å². The normalized spacial score (nSPS) is 10.4. The monoisotopic (exact) mass is 282 g/mol. The second-order valence-corrected chi connectivity index (χ2v) is 5.33. The maximum atomic E-state index is 6.13. The number of ether oxygens (including phenoxy) is 1. The number of methoxy groups -OCH3 is 1. The Morgan fingerprint density at radius 2 is 1.70 bits per heavy atom. The summed E-state index contributed by atoms with van der Waals surface area (Å²) in [5.74, 6) is 0.782. The molecule has 2 N–H and O–H groups in total. The van der Waals surface area contributed by atoms with E-state index in [1.54, 1.807) is 7.11 Å². The van der Waals surface area contributed by atoms with Gasteiger partial charge in [0.2, 0.25) is 0 Å². The quantitative estimate of drug-likeness (QED) is 0.787. The number of anilines is 1. The number of hydrogen-bond acceptors (Lipinski definition) is 4. The van der Waals surface area contributed by atoms with Crippen molar-refractivity contribution in [3.8, 4) is 27.6 Å². The highest BCUT2D eigenvalue weighted by molar-refractivity contribution is 7.19. The number of nitrogen functional groups attached to an aromatic ring is 1. The smallest absolute Gasteiger partial charge is 0.128 e. The van der Waals surface area contributed by atoms with Gasteiger partial charge in [0, 0.05) is 11.1 Å². The maximum Gasteiger partial charge on any atom is 0.128 e. The lowest BCUT2D eigenvalue weighted by atomic mass is 10.1. The van der Waals surface area contributed by atoms with Crippen LogP contribution in [0.2, 0.25) is 0 Å². The van der Waals surface area contributed by atoms with Gasteiger partial charge in [0.15, 0.2) is 0 Å². The Morgan fingerprint density at radius 1 is 1.00 bits per heavy atom. The zero-order valence-electron chi connectivity index (χ0n) is 11.0. The van der Waals surface area contributed by atoms with E-state index in [1.165, 1.54) is 11.3 Å². The van der Waals surface area contributed by atoms with Crippen LogP contribution in [0.25, 0.3) is 21.8 Å². The van der Waals surface area contributed by atoms with Crippen LogP contribution in [0.1, 0.15) is 0 Å². The molecule has 0 amide bonds. The van der Waals surface area contributed by atoms with Crippen LogP contribution in [-0.4, -0.2) is 12.1 Å². The van der Waals surface area contributed by atoms with E-state index in [2.05, 4.69) is 4.98 Å². The minimum Gasteiger partial charge on any atom is -0.496 e. The van der Waals surface area contributed by atoms with Gasteiger partial charge in [-0.05, 0) is 12.1 Å². The molecule has 20 heavy (non-hydrogen) atoms. The minimum absolute atomic E-state index is 0.702. The molecule has 0 radical (unpaired) electrons. The molecule has 0 bridgehead atoms. The number of benzene rings is 2. The molecule has 1 aromatic heterocycles. The van der Waals surface area contributed by atoms with E-state index in [1.807, 2.05) is 54.6 Å². The van der Waals surface area contributed by atoms with Crippen molar-refractivity contribution < 1.29 is 4.74 Å². The van der Waals surface area contributed by atoms with Gasteiger partial charge in [-0.25, -0.2) is 4.98 Å². The van der Waals surface area contributed by atoms with Crippen molar-refractivity contribution >= 4 is 16.3 Å². The van der Waals surface area contributed by atoms with Gasteiger partial charge >= 0.3 is 0 Å². The third kappa shape index (κ3) is 2.26. The fourth-order valence-electron chi connectivity index (χ4n) is 2.07. The van der Waals surface area contributed by atoms with E-state index in [0.29, 0.717) is 5.00 Å². The van der Waals surface area contributed by atoms with Crippen molar-refractivity contribution in [2.24, 2.45) is 0 Å². The van der Waals surface area contributed by atoms with Gasteiger partial charge in [0.25, 0.3) is 0 Å². The van der Waals surface area contributed by atoms with Crippen LogP contribution in [0.3, 0.4) is 0 Å². The van der Waals surface area contributed by atoms with Gasteiger partial charge in [-0.3, -0.25) is 0 Å². The first kappa shape index (κ1) is 12.7. The van der Waals surface area contributed by atoms with Crippen LogP contribution < -0.4 is 10.5 Å². The summed E-state index contributed by atoms with van der Waals surface area (Å²) in [6, 6.07) is 17.8. The summed E-state index contributed by atoms with van der Waals surface area (Å²) in [6.45, 7) is 0. The number of nitrogens with zero attached hydrogens (tertiary/aromatic N) is 1. The molecule has 3 nitrogen and oxygen atoms in total. The summed E-state index contributed by atoms with van der Waals surface area (Å²) in [6.07, 6.45) is 0. The molecule has 100 valence electrons. The standard InChI is InChI=1S/C16H14N2OS/c1-19-13-10-6-5-9-12(13)14-15(17)20-16(18-14)11-7-3-2-4-8-11/h2-10H,17H2,1H3. The van der Waals surface area contributed by atoms with Crippen LogP contribution >= 0.6 is 11.3 Å². The molecule has 1 heterocycles. The van der Waals surface area contributed by atoms with Crippen molar-refractivity contribution in [3.05, 3.63) is 54.6 Å². The van der Waals surface area contributed by atoms with E-state index in [-0.39, 0.29) is 0 Å². The van der Waals surface area contributed by atoms with Gasteiger partial charge < -0.3 is 10.5 Å². The van der Waals surface area contributed by atoms with E-state index >= 15 is 0 Å². The first-order chi connectivity index (χ1) is 9.79. The Balaban J connectivity index is 2.10. The third-order valence-electron chi connectivity index (χ3n) is 3.04. The number of nitrogens with two attached hydrogens (primary N) is 1. The molecular formula is C16H14N2OS. The molecule has 3 aromatic rings. The molecule has 0 aliphatic heterocycles. The van der Waals surface area contributed by atoms with Crippen LogP contribution in [0.4, 0.5) is 5.00 Å². The summed E-state index contributed by atoms with van der Waals surface area (Å²) in [5, 5.41) is 1.62. The topological polar surface area (TPSA) is 48.1 Å². The van der Waals surface area contributed by atoms with Gasteiger partial charge in [0.05, 0.1) is 7.11 Å². The lowest BCUT2D eigenvalue weighted by molar-refractivity contribution is 0.416. The molecule has 0 spiro atoms. The maximum absolute atomic E-state index is 6.13. The second kappa shape index (κ2) is 5.35. The van der Waals surface area contributed by atoms with E-state index < -0.39 is 0 Å². The zero-order valence-corrected chi connectivity index (χ0v) is 11.9. The average Bonchev–Trinajstić information content (AvgIpc) is 2.90. The fourth-order valence-corrected chi connectivity index (χ4v) is 2.92. The summed E-state index contributed by atoms with van der Waals surface area (Å²) in [4.78, 5) is 4.67. The zero-order chi connectivity index (χ0) is 13.9. The number of thiazole rings is 1. The Kier molecular flexibility index (Phi) is 3.39. The summed E-state index contributed by atoms with van der Waals surface area (Å²) >= 11 is 1.49. The number of para-hydroxylation sites is 1. The molecule has 0 atom stereocenters. The Bertz CT molecular complexity index is 722. The molecule has 0 saturated heterocycles. The van der Waals surface area contributed by atoms with Crippen molar-refractivity contribution in [3.63, 3.8) is 0 Å². The molecule has 0 unspecified atom stereocenters. The summed E-state index contributed by atoms with van der Waals surface area (Å²) in [7, 11) is 1.65. The first-order valence-electron chi connectivity index (χ1n) is 6.24. The number of aromatic nitrogens is 1. The molecule has 0 aliphatic carbocycles. The van der Waals surface area contributed by atoms with Crippen molar-refractivity contribution in [2.45, 2.75) is 0 Å². The highest BCUT2D eigenvalue weighted by Crippen LogP contribution is 2.39. The van der Waals surface area contributed by atoms with Crippen molar-refractivity contribution in [2.75, 3.05) is 12.8 Å². The number of rotatable bonds is 3. The predicted molar refractivity (Wildman–Crippen MR) is 84.0 cm³/mol. The Morgan fingerprint density at radius 3 is 2.45 bits per heavy atom. The van der Waals surface area contributed by atoms with Crippen LogP contribution in [-0.2, 0) is 0 Å². The molecule has 0 saturated carbocycles. The SMILES string of the molecule is COc1ccccc1-c1nc(-c2ccccc2)sc1N. The molecule has 4 heteroatoms. The highest BCUT2D eigenvalue weighted by Gasteiger charge is 2.15.